The van der Waals surface area contributed by atoms with Gasteiger partial charge in [-0.1, -0.05) is 27.7 Å². The molecule has 0 amide bonds. The number of nitriles is 2. The predicted octanol–water partition coefficient (Wildman–Crippen LogP) is 5.46. The molecule has 0 aromatic rings. The van der Waals surface area contributed by atoms with Gasteiger partial charge in [0.25, 0.3) is 0 Å². The number of carbonyl (C=O) groups excluding carboxylic acids is 2. The molecule has 10 heteroatoms. The van der Waals surface area contributed by atoms with Gasteiger partial charge in [0, 0.05) is 51.6 Å². The molecule has 4 unspecified atom stereocenters. The van der Waals surface area contributed by atoms with Crippen LogP contribution in [-0.2, 0) is 28.5 Å². The molecule has 0 N–H and O–H groups in total. The summed E-state index contributed by atoms with van der Waals surface area (Å²) in [5.74, 6) is -4.53. The van der Waals surface area contributed by atoms with Crippen molar-refractivity contribution in [1.29, 1.82) is 10.5 Å². The molecule has 10 nitrogen and oxygen atoms in total. The fourth-order valence-corrected chi connectivity index (χ4v) is 6.04. The summed E-state index contributed by atoms with van der Waals surface area (Å²) in [5, 5.41) is 17.9. The third kappa shape index (κ3) is 11.8. The maximum Gasteiger partial charge on any atom is 0.420 e. The molecule has 2 fully saturated rings. The largest absolute Gasteiger partial charge is 0.425 e. The third-order valence-corrected chi connectivity index (χ3v) is 8.69. The number of rotatable bonds is 18. The van der Waals surface area contributed by atoms with Gasteiger partial charge in [0.2, 0.25) is 11.6 Å². The van der Waals surface area contributed by atoms with E-state index in [-0.39, 0.29) is 12.2 Å². The number of nitrogens with zero attached hydrogens (tertiary/aromatic N) is 4. The van der Waals surface area contributed by atoms with E-state index in [4.69, 9.17) is 29.5 Å². The summed E-state index contributed by atoms with van der Waals surface area (Å²) in [6, 6.07) is 4.35. The molecule has 0 radical (unpaired) electrons. The number of unbranched alkanes of at least 4 members (excludes halogenated alkanes) is 2. The Morgan fingerprint density at radius 2 is 1.12 bits per heavy atom. The molecule has 0 saturated carbocycles. The molecule has 4 atom stereocenters. The molecule has 0 aromatic carbocycles. The van der Waals surface area contributed by atoms with E-state index < -0.39 is 23.5 Å². The molecule has 2 rings (SSSR count). The highest BCUT2D eigenvalue weighted by Gasteiger charge is 2.46. The molecule has 0 aliphatic carbocycles. The van der Waals surface area contributed by atoms with Crippen molar-refractivity contribution < 1.29 is 28.5 Å². The van der Waals surface area contributed by atoms with Gasteiger partial charge in [0.1, 0.15) is 0 Å². The van der Waals surface area contributed by atoms with Gasteiger partial charge in [-0.3, -0.25) is 0 Å². The lowest BCUT2D eigenvalue weighted by atomic mass is 9.95. The van der Waals surface area contributed by atoms with Crippen molar-refractivity contribution in [3.63, 3.8) is 0 Å². The quantitative estimate of drug-likeness (QED) is 0.115. The van der Waals surface area contributed by atoms with Crippen molar-refractivity contribution in [2.75, 3.05) is 39.3 Å². The Labute approximate surface area is 253 Å². The number of hydrogen-bond donors (Lipinski definition) is 0. The summed E-state index contributed by atoms with van der Waals surface area (Å²) in [6.45, 7) is 13.1. The zero-order valence-corrected chi connectivity index (χ0v) is 26.5. The summed E-state index contributed by atoms with van der Waals surface area (Å²) in [4.78, 5) is 31.3. The highest BCUT2D eigenvalue weighted by atomic mass is 16.8. The van der Waals surface area contributed by atoms with Gasteiger partial charge < -0.3 is 28.7 Å². The summed E-state index contributed by atoms with van der Waals surface area (Å²) in [6.07, 6.45) is 8.65. The van der Waals surface area contributed by atoms with Gasteiger partial charge in [0.05, 0.1) is 24.3 Å². The molecular formula is C32H54N4O6. The van der Waals surface area contributed by atoms with Gasteiger partial charge in [-0.15, -0.1) is 0 Å². The number of hydrogen-bond acceptors (Lipinski definition) is 10. The minimum atomic E-state index is -1.21. The van der Waals surface area contributed by atoms with Crippen molar-refractivity contribution in [3.05, 3.63) is 0 Å². The lowest BCUT2D eigenvalue weighted by molar-refractivity contribution is -0.288. The minimum Gasteiger partial charge on any atom is -0.425 e. The van der Waals surface area contributed by atoms with E-state index in [0.717, 1.165) is 51.9 Å². The van der Waals surface area contributed by atoms with Crippen LogP contribution in [0, 0.1) is 22.7 Å². The summed E-state index contributed by atoms with van der Waals surface area (Å²) in [5.41, 5.74) is 0. The summed E-state index contributed by atoms with van der Waals surface area (Å²) >= 11 is 0. The first-order valence-corrected chi connectivity index (χ1v) is 16.3. The molecule has 238 valence electrons. The molecular weight excluding hydrogens is 536 g/mol. The average molecular weight is 591 g/mol. The second kappa shape index (κ2) is 19.1. The second-order valence-electron chi connectivity index (χ2n) is 11.5. The first kappa shape index (κ1) is 36.0. The Balaban J connectivity index is 2.19. The van der Waals surface area contributed by atoms with Crippen molar-refractivity contribution in [1.82, 2.24) is 9.80 Å². The van der Waals surface area contributed by atoms with Crippen LogP contribution in [0.3, 0.4) is 0 Å². The highest BCUT2D eigenvalue weighted by Crippen LogP contribution is 2.37. The normalized spacial score (nSPS) is 26.0. The first-order valence-electron chi connectivity index (χ1n) is 16.3. The Kier molecular flexibility index (Phi) is 16.4. The molecule has 2 saturated heterocycles. The van der Waals surface area contributed by atoms with Crippen LogP contribution in [0.15, 0.2) is 0 Å². The molecule has 2 aliphatic rings. The van der Waals surface area contributed by atoms with E-state index in [1.165, 1.54) is 0 Å². The average Bonchev–Trinajstić information content (AvgIpc) is 2.99. The Morgan fingerprint density at radius 3 is 1.45 bits per heavy atom. The summed E-state index contributed by atoms with van der Waals surface area (Å²) in [7, 11) is 0. The number of ether oxygens (including phenoxy) is 4. The van der Waals surface area contributed by atoms with Crippen LogP contribution in [0.25, 0.3) is 0 Å². The van der Waals surface area contributed by atoms with Gasteiger partial charge in [0.15, 0.2) is 0 Å². The van der Waals surface area contributed by atoms with Gasteiger partial charge >= 0.3 is 11.9 Å². The van der Waals surface area contributed by atoms with Gasteiger partial charge in [-0.2, -0.15) is 10.5 Å². The van der Waals surface area contributed by atoms with Crippen LogP contribution >= 0.6 is 0 Å². The van der Waals surface area contributed by atoms with Gasteiger partial charge in [-0.25, -0.2) is 9.59 Å². The van der Waals surface area contributed by atoms with E-state index in [2.05, 4.69) is 49.6 Å². The zero-order valence-electron chi connectivity index (χ0n) is 26.5. The van der Waals surface area contributed by atoms with Crippen LogP contribution in [-0.4, -0.2) is 84.8 Å². The maximum atomic E-state index is 13.4. The molecule has 2 aliphatic heterocycles. The smallest absolute Gasteiger partial charge is 0.420 e. The van der Waals surface area contributed by atoms with Crippen LogP contribution in [0.2, 0.25) is 0 Å². The van der Waals surface area contributed by atoms with E-state index in [1.54, 1.807) is 0 Å². The standard InChI is InChI=1S/C32H54N4O6/c1-5-35(6-2)25-21-31(19-13-17-27(39-31)15-9-11-23-33)41-29(37)30(38)42-32(22-26-36(7-3)8-4)20-14-18-28(40-32)16-10-12-24-34/h27-28H,5-22,25-26H2,1-4H3. The SMILES string of the molecule is CCN(CC)CCC1(OC(=O)C(=O)OC2(CCN(CC)CC)CCCC(CCCC#N)O2)CCCC(CCCC#N)O1. The topological polar surface area (TPSA) is 125 Å². The summed E-state index contributed by atoms with van der Waals surface area (Å²) < 4.78 is 24.7. The van der Waals surface area contributed by atoms with Crippen LogP contribution in [0.1, 0.15) is 118 Å². The fourth-order valence-electron chi connectivity index (χ4n) is 6.04. The van der Waals surface area contributed by atoms with Crippen LogP contribution in [0.4, 0.5) is 0 Å². The maximum absolute atomic E-state index is 13.4. The lowest BCUT2D eigenvalue weighted by Crippen LogP contribution is -2.51. The second-order valence-corrected chi connectivity index (χ2v) is 11.5. The first-order chi connectivity index (χ1) is 20.3. The van der Waals surface area contributed by atoms with Crippen LogP contribution in [0.5, 0.6) is 0 Å². The molecule has 2 heterocycles. The molecule has 0 spiro atoms. The van der Waals surface area contributed by atoms with E-state index >= 15 is 0 Å². The highest BCUT2D eigenvalue weighted by molar-refractivity contribution is 6.29. The Morgan fingerprint density at radius 1 is 0.738 bits per heavy atom. The number of esters is 2. The van der Waals surface area contributed by atoms with E-state index in [1.807, 2.05) is 0 Å². The molecule has 0 aromatic heterocycles. The van der Waals surface area contributed by atoms with Gasteiger partial charge in [-0.05, 0) is 77.5 Å². The van der Waals surface area contributed by atoms with Crippen LogP contribution < -0.4 is 0 Å². The fraction of sp³-hybridized carbons (Fsp3) is 0.875. The predicted molar refractivity (Wildman–Crippen MR) is 159 cm³/mol. The van der Waals surface area contributed by atoms with Crippen molar-refractivity contribution in [3.8, 4) is 12.1 Å². The lowest BCUT2D eigenvalue weighted by Gasteiger charge is -2.42. The molecule has 42 heavy (non-hydrogen) atoms. The van der Waals surface area contributed by atoms with E-state index in [0.29, 0.717) is 77.3 Å². The Bertz CT molecular complexity index is 824. The third-order valence-electron chi connectivity index (χ3n) is 8.69. The Hall–Kier alpha value is -2.24. The van der Waals surface area contributed by atoms with E-state index in [9.17, 15) is 9.59 Å². The minimum absolute atomic E-state index is 0.135. The number of carbonyl (C=O) groups is 2. The van der Waals surface area contributed by atoms with Crippen molar-refractivity contribution in [2.24, 2.45) is 0 Å². The monoisotopic (exact) mass is 590 g/mol. The van der Waals surface area contributed by atoms with Crippen molar-refractivity contribution in [2.45, 2.75) is 141 Å². The zero-order chi connectivity index (χ0) is 30.8. The van der Waals surface area contributed by atoms with Crippen molar-refractivity contribution >= 4 is 11.9 Å². The molecule has 0 bridgehead atoms.